The van der Waals surface area contributed by atoms with Gasteiger partial charge in [0.05, 0.1) is 6.10 Å². The summed E-state index contributed by atoms with van der Waals surface area (Å²) in [4.78, 5) is 62.8. The zero-order valence-electron chi connectivity index (χ0n) is 30.7. The van der Waals surface area contributed by atoms with Crippen LogP contribution < -0.4 is 0 Å². The molecule has 0 aliphatic heterocycles. The van der Waals surface area contributed by atoms with Crippen molar-refractivity contribution in [1.29, 1.82) is 0 Å². The molecule has 0 bridgehead atoms. The highest BCUT2D eigenvalue weighted by atomic mass is 16.3. The van der Waals surface area contributed by atoms with Crippen LogP contribution in [-0.2, 0) is 24.0 Å². The molecule has 8 fully saturated rings. The Hall–Kier alpha value is -1.69. The summed E-state index contributed by atoms with van der Waals surface area (Å²) in [6, 6.07) is 0. The topological polar surface area (TPSA) is 106 Å². The third-order valence-corrected chi connectivity index (χ3v) is 17.5. The van der Waals surface area contributed by atoms with Gasteiger partial charge in [-0.25, -0.2) is 0 Å². The van der Waals surface area contributed by atoms with Gasteiger partial charge in [-0.05, 0) is 148 Å². The van der Waals surface area contributed by atoms with Crippen LogP contribution in [0.15, 0.2) is 0 Å². The molecule has 15 atom stereocenters. The molecule has 0 radical (unpaired) electrons. The van der Waals surface area contributed by atoms with Gasteiger partial charge in [0, 0.05) is 49.4 Å². The molecule has 8 saturated carbocycles. The lowest BCUT2D eigenvalue weighted by Gasteiger charge is -2.59. The van der Waals surface area contributed by atoms with Crippen molar-refractivity contribution in [2.75, 3.05) is 0 Å². The van der Waals surface area contributed by atoms with Crippen molar-refractivity contribution < 1.29 is 29.1 Å². The molecule has 0 saturated heterocycles. The maximum atomic E-state index is 13.3. The first-order valence-electron chi connectivity index (χ1n) is 19.8. The van der Waals surface area contributed by atoms with Gasteiger partial charge in [-0.2, -0.15) is 0 Å². The number of carbonyl (C=O) groups is 5. The Morgan fingerprint density at radius 2 is 1.08 bits per heavy atom. The van der Waals surface area contributed by atoms with Crippen LogP contribution in [0.25, 0.3) is 0 Å². The number of Topliss-reactive ketones (excluding diaryl/α,β-unsaturated/α-hetero) is 5. The normalized spacial score (nSPS) is 52.4. The van der Waals surface area contributed by atoms with Crippen molar-refractivity contribution >= 4 is 28.9 Å². The van der Waals surface area contributed by atoms with Gasteiger partial charge in [0.1, 0.15) is 28.9 Å². The second kappa shape index (κ2) is 11.9. The molecule has 266 valence electrons. The molecular formula is C42H62O6. The Labute approximate surface area is 288 Å². The smallest absolute Gasteiger partial charge is 0.137 e. The average molecular weight is 663 g/mol. The highest BCUT2D eigenvalue weighted by molar-refractivity contribution is 5.88. The molecule has 6 unspecified atom stereocenters. The van der Waals surface area contributed by atoms with Gasteiger partial charge in [-0.1, -0.05) is 27.7 Å². The minimum atomic E-state index is -0.169. The Morgan fingerprint density at radius 3 is 1.58 bits per heavy atom. The van der Waals surface area contributed by atoms with E-state index in [4.69, 9.17) is 0 Å². The first kappa shape index (κ1) is 34.7. The van der Waals surface area contributed by atoms with Gasteiger partial charge in [-0.15, -0.1) is 0 Å². The predicted octanol–water partition coefficient (Wildman–Crippen LogP) is 7.76. The highest BCUT2D eigenvalue weighted by Gasteiger charge is 2.65. The third kappa shape index (κ3) is 5.05. The third-order valence-electron chi connectivity index (χ3n) is 17.5. The molecule has 0 aromatic heterocycles. The molecule has 0 spiro atoms. The Bertz CT molecular complexity index is 1380. The first-order valence-corrected chi connectivity index (χ1v) is 19.8. The largest absolute Gasteiger partial charge is 0.393 e. The maximum absolute atomic E-state index is 13.3. The number of carbonyl (C=O) groups excluding carboxylic acids is 5. The van der Waals surface area contributed by atoms with E-state index < -0.39 is 0 Å². The van der Waals surface area contributed by atoms with Crippen LogP contribution in [0.1, 0.15) is 144 Å². The Balaban J connectivity index is 0.000000152. The minimum absolute atomic E-state index is 0.0174. The fourth-order valence-corrected chi connectivity index (χ4v) is 15.2. The lowest BCUT2D eigenvalue weighted by Crippen LogP contribution is -2.58. The summed E-state index contributed by atoms with van der Waals surface area (Å²) in [5.41, 5.74) is -0.113. The lowest BCUT2D eigenvalue weighted by molar-refractivity contribution is -0.162. The quantitative estimate of drug-likeness (QED) is 0.324. The number of aliphatic hydroxyl groups excluding tert-OH is 1. The summed E-state index contributed by atoms with van der Waals surface area (Å²) in [7, 11) is 0. The summed E-state index contributed by atoms with van der Waals surface area (Å²) < 4.78 is 0. The van der Waals surface area contributed by atoms with E-state index in [9.17, 15) is 29.1 Å². The van der Waals surface area contributed by atoms with Gasteiger partial charge in [0.15, 0.2) is 0 Å². The lowest BCUT2D eigenvalue weighted by atomic mass is 9.44. The van der Waals surface area contributed by atoms with Crippen molar-refractivity contribution in [3.63, 3.8) is 0 Å². The van der Waals surface area contributed by atoms with Crippen molar-refractivity contribution in [3.05, 3.63) is 0 Å². The van der Waals surface area contributed by atoms with Crippen LogP contribution in [0, 0.1) is 80.8 Å². The molecule has 0 aromatic rings. The number of aliphatic hydroxyl groups is 1. The minimum Gasteiger partial charge on any atom is -0.393 e. The molecular weight excluding hydrogens is 600 g/mol. The number of hydrogen-bond donors (Lipinski definition) is 1. The molecule has 6 nitrogen and oxygen atoms in total. The zero-order chi connectivity index (χ0) is 34.6. The fourth-order valence-electron chi connectivity index (χ4n) is 15.2. The van der Waals surface area contributed by atoms with Crippen molar-refractivity contribution in [1.82, 2.24) is 0 Å². The standard InChI is InChI=1S/C21H32O3.C21H30O3/c2*1-12(22)16-6-7-17-15-5-4-13-10-14(23)8-9-20(13,2)19(15)18(24)11-21(16,17)3/h13-17,19,23H,4-11H2,1-3H3;13,15-17,19H,4-11H2,1-3H3/t13-,14+,15?,16+,17?,19?,20-,21+;13-,15?,16+,17?,19?,20-,21+/m00/s1. The van der Waals surface area contributed by atoms with Crippen LogP contribution in [0.5, 0.6) is 0 Å². The molecule has 0 heterocycles. The molecule has 0 aromatic carbocycles. The van der Waals surface area contributed by atoms with Gasteiger partial charge < -0.3 is 5.11 Å². The van der Waals surface area contributed by atoms with E-state index in [1.54, 1.807) is 13.8 Å². The summed E-state index contributed by atoms with van der Waals surface area (Å²) in [6.45, 7) is 12.5. The number of ketones is 5. The molecule has 48 heavy (non-hydrogen) atoms. The van der Waals surface area contributed by atoms with Crippen LogP contribution in [-0.4, -0.2) is 40.1 Å². The van der Waals surface area contributed by atoms with Crippen molar-refractivity contribution in [2.45, 2.75) is 150 Å². The molecule has 1 N–H and O–H groups in total. The van der Waals surface area contributed by atoms with E-state index in [-0.39, 0.29) is 63.0 Å². The molecule has 0 amide bonds. The van der Waals surface area contributed by atoms with Gasteiger partial charge in [-0.3, -0.25) is 24.0 Å². The fraction of sp³-hybridized carbons (Fsp3) is 0.881. The van der Waals surface area contributed by atoms with E-state index in [0.717, 1.165) is 77.0 Å². The first-order chi connectivity index (χ1) is 22.5. The van der Waals surface area contributed by atoms with Crippen LogP contribution >= 0.6 is 0 Å². The summed E-state index contributed by atoms with van der Waals surface area (Å²) in [5.74, 6) is 5.11. The second-order valence-corrected chi connectivity index (χ2v) is 19.5. The van der Waals surface area contributed by atoms with Gasteiger partial charge >= 0.3 is 0 Å². The predicted molar refractivity (Wildman–Crippen MR) is 184 cm³/mol. The van der Waals surface area contributed by atoms with E-state index in [2.05, 4.69) is 27.7 Å². The van der Waals surface area contributed by atoms with Crippen LogP contribution in [0.2, 0.25) is 0 Å². The summed E-state index contributed by atoms with van der Waals surface area (Å²) in [6.07, 6.45) is 14.6. The average Bonchev–Trinajstić information content (AvgIpc) is 3.54. The summed E-state index contributed by atoms with van der Waals surface area (Å²) in [5, 5.41) is 10.1. The Kier molecular flexibility index (Phi) is 8.64. The highest BCUT2D eigenvalue weighted by Crippen LogP contribution is 2.68. The summed E-state index contributed by atoms with van der Waals surface area (Å²) >= 11 is 0. The maximum Gasteiger partial charge on any atom is 0.137 e. The Morgan fingerprint density at radius 1 is 0.604 bits per heavy atom. The van der Waals surface area contributed by atoms with Gasteiger partial charge in [0.25, 0.3) is 0 Å². The van der Waals surface area contributed by atoms with Crippen molar-refractivity contribution in [2.24, 2.45) is 80.8 Å². The number of fused-ring (bicyclic) bond motifs is 10. The molecule has 8 aliphatic rings. The van der Waals surface area contributed by atoms with E-state index in [0.29, 0.717) is 78.5 Å². The van der Waals surface area contributed by atoms with E-state index >= 15 is 0 Å². The van der Waals surface area contributed by atoms with Gasteiger partial charge in [0.2, 0.25) is 0 Å². The van der Waals surface area contributed by atoms with E-state index in [1.165, 1.54) is 0 Å². The molecule has 8 aliphatic carbocycles. The molecule has 6 heteroatoms. The van der Waals surface area contributed by atoms with E-state index in [1.807, 2.05) is 0 Å². The SMILES string of the molecule is CC(=O)[C@H]1CCC2C3CC[C@H]4CC(=O)CC[C@]4(C)C3C(=O)C[C@@]21C.CC(=O)[C@H]1CCC2C3CC[C@H]4C[C@H](O)CC[C@]4(C)C3C(=O)C[C@@]21C. The number of rotatable bonds is 2. The van der Waals surface area contributed by atoms with Crippen LogP contribution in [0.4, 0.5) is 0 Å². The zero-order valence-corrected chi connectivity index (χ0v) is 30.7. The monoisotopic (exact) mass is 662 g/mol. The number of hydrogen-bond acceptors (Lipinski definition) is 6. The molecule has 8 rings (SSSR count). The van der Waals surface area contributed by atoms with Crippen molar-refractivity contribution in [3.8, 4) is 0 Å². The second-order valence-electron chi connectivity index (χ2n) is 19.5. The van der Waals surface area contributed by atoms with Crippen LogP contribution in [0.3, 0.4) is 0 Å².